The number of carbonyl (C=O) groups is 2. The van der Waals surface area contributed by atoms with E-state index in [1.54, 1.807) is 17.2 Å². The molecular weight excluding hydrogens is 372 g/mol. The number of aromatic carboxylic acids is 1. The number of halogens is 1. The van der Waals surface area contributed by atoms with Gasteiger partial charge in [-0.2, -0.15) is 0 Å². The summed E-state index contributed by atoms with van der Waals surface area (Å²) < 4.78 is 10.7. The molecule has 1 aliphatic rings. The molecule has 1 amide bonds. The largest absolute Gasteiger partial charge is 0.495 e. The van der Waals surface area contributed by atoms with Crippen molar-refractivity contribution in [2.24, 2.45) is 0 Å². The monoisotopic (exact) mass is 392 g/mol. The van der Waals surface area contributed by atoms with Crippen LogP contribution in [0.15, 0.2) is 12.3 Å². The zero-order valence-electron chi connectivity index (χ0n) is 15.8. The van der Waals surface area contributed by atoms with Crippen LogP contribution >= 0.6 is 11.6 Å². The van der Waals surface area contributed by atoms with Crippen molar-refractivity contribution in [1.82, 2.24) is 9.88 Å². The van der Waals surface area contributed by atoms with Crippen molar-refractivity contribution in [1.29, 1.82) is 0 Å². The minimum Gasteiger partial charge on any atom is -0.495 e. The number of hydrogen-bond acceptors (Lipinski definition) is 5. The maximum Gasteiger partial charge on any atom is 0.411 e. The van der Waals surface area contributed by atoms with E-state index in [1.807, 2.05) is 27.7 Å². The highest BCUT2D eigenvalue weighted by molar-refractivity contribution is 6.36. The molecule has 0 saturated carbocycles. The molecule has 8 heteroatoms. The lowest BCUT2D eigenvalue weighted by molar-refractivity contribution is 0.0188. The van der Waals surface area contributed by atoms with Gasteiger partial charge in [0.05, 0.1) is 30.2 Å². The van der Waals surface area contributed by atoms with E-state index in [0.29, 0.717) is 11.9 Å². The molecule has 27 heavy (non-hydrogen) atoms. The van der Waals surface area contributed by atoms with Crippen molar-refractivity contribution in [2.75, 3.05) is 7.11 Å². The molecule has 1 aromatic carbocycles. The molecular formula is C19H21ClN2O5. The van der Waals surface area contributed by atoms with Gasteiger partial charge >= 0.3 is 12.1 Å². The molecule has 144 valence electrons. The fourth-order valence-electron chi connectivity index (χ4n) is 3.33. The fraction of sp³-hybridized carbons (Fsp3) is 0.421. The molecule has 7 nitrogen and oxygen atoms in total. The number of rotatable bonds is 2. The van der Waals surface area contributed by atoms with Crippen LogP contribution in [-0.4, -0.2) is 39.8 Å². The number of amides is 1. The third kappa shape index (κ3) is 3.27. The summed E-state index contributed by atoms with van der Waals surface area (Å²) >= 11 is 6.19. The third-order valence-corrected chi connectivity index (χ3v) is 4.85. The van der Waals surface area contributed by atoms with Crippen molar-refractivity contribution in [2.45, 2.75) is 45.9 Å². The Morgan fingerprint density at radius 2 is 2.04 bits per heavy atom. The van der Waals surface area contributed by atoms with E-state index in [9.17, 15) is 14.7 Å². The summed E-state index contributed by atoms with van der Waals surface area (Å²) in [6.45, 7) is 7.63. The number of aromatic nitrogens is 1. The Kier molecular flexibility index (Phi) is 4.67. The van der Waals surface area contributed by atoms with E-state index in [1.165, 1.54) is 7.11 Å². The molecule has 0 saturated heterocycles. The Balaban J connectivity index is 2.16. The molecule has 3 rings (SSSR count). The molecule has 1 atom stereocenters. The van der Waals surface area contributed by atoms with Gasteiger partial charge in [-0.15, -0.1) is 0 Å². The van der Waals surface area contributed by atoms with Gasteiger partial charge in [0, 0.05) is 11.6 Å². The Morgan fingerprint density at radius 1 is 1.37 bits per heavy atom. The fourth-order valence-corrected chi connectivity index (χ4v) is 3.63. The second kappa shape index (κ2) is 6.56. The first kappa shape index (κ1) is 19.2. The molecule has 0 unspecified atom stereocenters. The summed E-state index contributed by atoms with van der Waals surface area (Å²) in [4.78, 5) is 30.2. The molecule has 0 aliphatic carbocycles. The van der Waals surface area contributed by atoms with Crippen molar-refractivity contribution in [3.05, 3.63) is 34.0 Å². The minimum absolute atomic E-state index is 0.000372. The highest BCUT2D eigenvalue weighted by Crippen LogP contribution is 2.42. The number of carboxylic acid groups (broad SMARTS) is 1. The number of pyridine rings is 1. The Hall–Kier alpha value is -2.54. The topological polar surface area (TPSA) is 89.0 Å². The lowest BCUT2D eigenvalue weighted by atomic mass is 9.98. The Labute approximate surface area is 161 Å². The summed E-state index contributed by atoms with van der Waals surface area (Å²) in [6, 6.07) is 1.36. The molecule has 0 fully saturated rings. The highest BCUT2D eigenvalue weighted by Gasteiger charge is 2.36. The number of benzene rings is 1. The van der Waals surface area contributed by atoms with E-state index in [2.05, 4.69) is 4.98 Å². The normalized spacial score (nSPS) is 16.4. The van der Waals surface area contributed by atoms with E-state index < -0.39 is 17.7 Å². The average molecular weight is 393 g/mol. The number of nitrogens with zero attached hydrogens (tertiary/aromatic N) is 2. The maximum absolute atomic E-state index is 12.6. The first-order valence-corrected chi connectivity index (χ1v) is 8.83. The van der Waals surface area contributed by atoms with E-state index >= 15 is 0 Å². The molecule has 2 aromatic rings. The Bertz CT molecular complexity index is 951. The van der Waals surface area contributed by atoms with Crippen molar-refractivity contribution in [3.63, 3.8) is 0 Å². The van der Waals surface area contributed by atoms with E-state index in [-0.39, 0.29) is 27.9 Å². The van der Waals surface area contributed by atoms with Gasteiger partial charge in [0.15, 0.2) is 0 Å². The van der Waals surface area contributed by atoms with Crippen molar-refractivity contribution >= 4 is 34.6 Å². The van der Waals surface area contributed by atoms with Crippen molar-refractivity contribution in [3.8, 4) is 5.75 Å². The zero-order valence-corrected chi connectivity index (χ0v) is 16.5. The molecule has 0 radical (unpaired) electrons. The number of methoxy groups -OCH3 is 1. The van der Waals surface area contributed by atoms with E-state index in [0.717, 1.165) is 11.1 Å². The van der Waals surface area contributed by atoms with Gasteiger partial charge in [-0.05, 0) is 44.9 Å². The number of carbonyl (C=O) groups excluding carboxylic acids is 1. The third-order valence-electron chi connectivity index (χ3n) is 4.48. The highest BCUT2D eigenvalue weighted by atomic mass is 35.5. The lowest BCUT2D eigenvalue weighted by Crippen LogP contribution is -2.35. The van der Waals surface area contributed by atoms with E-state index in [4.69, 9.17) is 21.1 Å². The van der Waals surface area contributed by atoms with Crippen LogP contribution in [-0.2, 0) is 11.3 Å². The molecule has 0 bridgehead atoms. The Morgan fingerprint density at radius 3 is 2.59 bits per heavy atom. The van der Waals surface area contributed by atoms with Crippen molar-refractivity contribution < 1.29 is 24.2 Å². The summed E-state index contributed by atoms with van der Waals surface area (Å²) in [6.07, 6.45) is 1.16. The summed E-state index contributed by atoms with van der Waals surface area (Å²) in [5.74, 6) is -0.939. The van der Waals surface area contributed by atoms with Gasteiger partial charge in [-0.1, -0.05) is 11.6 Å². The standard InChI is InChI=1S/C19H21ClN2O5/c1-9-13-10(8-22(9)18(25)27-19(2,3)4)7-21-16-11(13)6-12(26-5)15(20)14(16)17(23)24/h6-7,9H,8H2,1-5H3,(H,23,24)/t9-/m0/s1. The first-order valence-electron chi connectivity index (χ1n) is 8.46. The summed E-state index contributed by atoms with van der Waals surface area (Å²) in [5.41, 5.74) is 1.20. The molecule has 1 aliphatic heterocycles. The molecule has 2 heterocycles. The van der Waals surface area contributed by atoms with Crippen LogP contribution in [0.2, 0.25) is 5.02 Å². The minimum atomic E-state index is -1.19. The zero-order chi connectivity index (χ0) is 20.1. The van der Waals surface area contributed by atoms with Crippen LogP contribution in [0.4, 0.5) is 4.79 Å². The number of hydrogen-bond donors (Lipinski definition) is 1. The van der Waals surface area contributed by atoms with Crippen LogP contribution in [0.25, 0.3) is 10.9 Å². The SMILES string of the molecule is COc1cc2c3c(cnc2c(C(=O)O)c1Cl)CN(C(=O)OC(C)(C)C)[C@H]3C. The van der Waals surface area contributed by atoms with Gasteiger partial charge in [-0.3, -0.25) is 9.88 Å². The number of fused-ring (bicyclic) bond motifs is 3. The molecule has 1 aromatic heterocycles. The smallest absolute Gasteiger partial charge is 0.411 e. The van der Waals surface area contributed by atoms with Gasteiger partial charge in [0.1, 0.15) is 16.9 Å². The van der Waals surface area contributed by atoms with Gasteiger partial charge in [0.25, 0.3) is 0 Å². The number of ether oxygens (including phenoxy) is 2. The second-order valence-electron chi connectivity index (χ2n) is 7.45. The average Bonchev–Trinajstić information content (AvgIpc) is 2.89. The van der Waals surface area contributed by atoms with Crippen LogP contribution in [0.3, 0.4) is 0 Å². The van der Waals surface area contributed by atoms with Crippen LogP contribution < -0.4 is 4.74 Å². The lowest BCUT2D eigenvalue weighted by Gasteiger charge is -2.27. The first-order chi connectivity index (χ1) is 12.5. The second-order valence-corrected chi connectivity index (χ2v) is 7.83. The van der Waals surface area contributed by atoms with Gasteiger partial charge in [-0.25, -0.2) is 9.59 Å². The maximum atomic E-state index is 12.6. The molecule has 1 N–H and O–H groups in total. The summed E-state index contributed by atoms with van der Waals surface area (Å²) in [5, 5.41) is 10.2. The van der Waals surface area contributed by atoms with Gasteiger partial charge < -0.3 is 14.6 Å². The predicted octanol–water partition coefficient (Wildman–Crippen LogP) is 4.41. The van der Waals surface area contributed by atoms with Crippen LogP contribution in [0.5, 0.6) is 5.75 Å². The quantitative estimate of drug-likeness (QED) is 0.814. The molecule has 0 spiro atoms. The summed E-state index contributed by atoms with van der Waals surface area (Å²) in [7, 11) is 1.42. The number of carboxylic acids is 1. The van der Waals surface area contributed by atoms with Crippen LogP contribution in [0.1, 0.15) is 55.2 Å². The van der Waals surface area contributed by atoms with Crippen LogP contribution in [0, 0.1) is 0 Å². The predicted molar refractivity (Wildman–Crippen MR) is 100 cm³/mol. The van der Waals surface area contributed by atoms with Gasteiger partial charge in [0.2, 0.25) is 0 Å².